The molecule has 0 saturated heterocycles. The molecule has 172 valence electrons. The molecule has 0 radical (unpaired) electrons. The Kier molecular flexibility index (Phi) is 5.28. The summed E-state index contributed by atoms with van der Waals surface area (Å²) in [6.07, 6.45) is 9.12. The van der Waals surface area contributed by atoms with Crippen molar-refractivity contribution in [3.8, 4) is 0 Å². The third-order valence-electron chi connectivity index (χ3n) is 6.45. The Morgan fingerprint density at radius 3 is 2.76 bits per heavy atom. The van der Waals surface area contributed by atoms with Gasteiger partial charge in [-0.05, 0) is 73.5 Å². The minimum atomic E-state index is -0.169. The third kappa shape index (κ3) is 3.77. The zero-order valence-corrected chi connectivity index (χ0v) is 19.7. The number of benzene rings is 1. The molecule has 8 nitrogen and oxygen atoms in total. The Balaban J connectivity index is 1.33. The van der Waals surface area contributed by atoms with Crippen molar-refractivity contribution in [1.29, 1.82) is 0 Å². The molecule has 4 aromatic heterocycles. The molecule has 0 aliphatic rings. The van der Waals surface area contributed by atoms with Crippen LogP contribution in [0.15, 0.2) is 55.2 Å². The number of nitrogens with one attached hydrogen (secondary N) is 1. The van der Waals surface area contributed by atoms with Gasteiger partial charge in [0.15, 0.2) is 0 Å². The summed E-state index contributed by atoms with van der Waals surface area (Å²) in [6.45, 7) is 8.56. The summed E-state index contributed by atoms with van der Waals surface area (Å²) >= 11 is 0. The van der Waals surface area contributed by atoms with E-state index >= 15 is 0 Å². The van der Waals surface area contributed by atoms with Crippen LogP contribution in [0.5, 0.6) is 0 Å². The van der Waals surface area contributed by atoms with E-state index in [1.165, 1.54) is 5.56 Å². The smallest absolute Gasteiger partial charge is 0.254 e. The highest BCUT2D eigenvalue weighted by atomic mass is 16.1. The van der Waals surface area contributed by atoms with Gasteiger partial charge < -0.3 is 15.5 Å². The number of imidazole rings is 1. The van der Waals surface area contributed by atoms with Crippen LogP contribution < -0.4 is 11.1 Å². The molecule has 4 heterocycles. The van der Waals surface area contributed by atoms with Gasteiger partial charge >= 0.3 is 0 Å². The molecule has 0 saturated carbocycles. The number of amides is 1. The molecule has 5 aromatic rings. The highest BCUT2D eigenvalue weighted by molar-refractivity contribution is 5.95. The lowest BCUT2D eigenvalue weighted by Gasteiger charge is -2.14. The molecular formula is C26H27N7O. The molecule has 5 rings (SSSR count). The third-order valence-corrected chi connectivity index (χ3v) is 6.45. The molecule has 0 fully saturated rings. The van der Waals surface area contributed by atoms with Crippen LogP contribution in [-0.2, 0) is 6.54 Å². The van der Waals surface area contributed by atoms with E-state index in [9.17, 15) is 4.79 Å². The van der Waals surface area contributed by atoms with Gasteiger partial charge in [0.05, 0.1) is 23.5 Å². The van der Waals surface area contributed by atoms with Crippen molar-refractivity contribution in [1.82, 2.24) is 29.5 Å². The van der Waals surface area contributed by atoms with Gasteiger partial charge in [-0.25, -0.2) is 9.97 Å². The molecule has 1 amide bonds. The van der Waals surface area contributed by atoms with Crippen molar-refractivity contribution in [3.63, 3.8) is 0 Å². The number of hydrogen-bond acceptors (Lipinski definition) is 5. The number of rotatable bonds is 5. The normalized spacial score (nSPS) is 12.4. The summed E-state index contributed by atoms with van der Waals surface area (Å²) in [5.41, 5.74) is 12.7. The maximum absolute atomic E-state index is 12.9. The van der Waals surface area contributed by atoms with Crippen LogP contribution in [0.4, 0.5) is 5.82 Å². The fraction of sp³-hybridized carbons (Fsp3) is 0.231. The van der Waals surface area contributed by atoms with Crippen molar-refractivity contribution in [2.75, 3.05) is 5.73 Å². The van der Waals surface area contributed by atoms with E-state index in [2.05, 4.69) is 22.3 Å². The first-order valence-electron chi connectivity index (χ1n) is 11.2. The Bertz CT molecular complexity index is 1550. The number of aromatic nitrogens is 5. The molecule has 34 heavy (non-hydrogen) atoms. The number of carbonyl (C=O) groups excluding carboxylic acids is 1. The van der Waals surface area contributed by atoms with Crippen molar-refractivity contribution in [2.45, 2.75) is 40.3 Å². The van der Waals surface area contributed by atoms with Crippen LogP contribution in [0.1, 0.15) is 51.3 Å². The lowest BCUT2D eigenvalue weighted by Crippen LogP contribution is -2.23. The molecule has 8 heteroatoms. The van der Waals surface area contributed by atoms with Crippen molar-refractivity contribution in [2.24, 2.45) is 0 Å². The van der Waals surface area contributed by atoms with Crippen LogP contribution in [0.25, 0.3) is 16.4 Å². The molecule has 1 atom stereocenters. The Hall–Kier alpha value is -4.20. The molecule has 0 spiro atoms. The van der Waals surface area contributed by atoms with E-state index in [1.807, 2.05) is 61.8 Å². The van der Waals surface area contributed by atoms with Gasteiger partial charge in [0.2, 0.25) is 0 Å². The molecule has 3 N–H and O–H groups in total. The highest BCUT2D eigenvalue weighted by Crippen LogP contribution is 2.28. The Labute approximate surface area is 197 Å². The van der Waals surface area contributed by atoms with Crippen LogP contribution >= 0.6 is 0 Å². The number of hydrogen-bond donors (Lipinski definition) is 2. The lowest BCUT2D eigenvalue weighted by atomic mass is 9.96. The number of pyridine rings is 2. The minimum Gasteiger partial charge on any atom is -0.383 e. The molecular weight excluding hydrogens is 426 g/mol. The van der Waals surface area contributed by atoms with Crippen LogP contribution in [-0.4, -0.2) is 30.1 Å². The summed E-state index contributed by atoms with van der Waals surface area (Å²) in [7, 11) is 0. The van der Waals surface area contributed by atoms with Gasteiger partial charge in [0.1, 0.15) is 11.5 Å². The zero-order chi connectivity index (χ0) is 24.0. The fourth-order valence-electron chi connectivity index (χ4n) is 4.40. The first kappa shape index (κ1) is 21.6. The maximum Gasteiger partial charge on any atom is 0.254 e. The number of anilines is 1. The number of nitrogens with zero attached hydrogens (tertiary/aromatic N) is 5. The summed E-state index contributed by atoms with van der Waals surface area (Å²) in [4.78, 5) is 21.8. The number of aryl methyl sites for hydroxylation is 3. The predicted octanol–water partition coefficient (Wildman–Crippen LogP) is 4.13. The Morgan fingerprint density at radius 2 is 1.94 bits per heavy atom. The van der Waals surface area contributed by atoms with Gasteiger partial charge in [-0.3, -0.25) is 9.48 Å². The van der Waals surface area contributed by atoms with E-state index in [4.69, 9.17) is 10.7 Å². The van der Waals surface area contributed by atoms with Crippen LogP contribution in [0, 0.1) is 20.8 Å². The minimum absolute atomic E-state index is 0.106. The fourth-order valence-corrected chi connectivity index (χ4v) is 4.40. The standard InChI is InChI=1S/C26H27N7O/c1-15-5-6-24-31-23(14-32(24)12-15)18(4)33-13-19(10-30-33)26(34)29-11-22-16(2)9-21-20(17(22)3)7-8-28-25(21)27/h5-10,12-14,18H,11H2,1-4H3,(H2,27,28)(H,29,34)/t18-/m1/s1. The van der Waals surface area contributed by atoms with E-state index in [0.717, 1.165) is 38.8 Å². The second-order valence-corrected chi connectivity index (χ2v) is 8.79. The van der Waals surface area contributed by atoms with E-state index in [-0.39, 0.29) is 11.9 Å². The van der Waals surface area contributed by atoms with Crippen LogP contribution in [0.2, 0.25) is 0 Å². The zero-order valence-electron chi connectivity index (χ0n) is 19.7. The Morgan fingerprint density at radius 1 is 1.12 bits per heavy atom. The summed E-state index contributed by atoms with van der Waals surface area (Å²) in [5.74, 6) is 0.346. The van der Waals surface area contributed by atoms with Gasteiger partial charge in [-0.15, -0.1) is 0 Å². The molecule has 0 unspecified atom stereocenters. The summed E-state index contributed by atoms with van der Waals surface area (Å²) in [5, 5.41) is 9.45. The van der Waals surface area contributed by atoms with Crippen molar-refractivity contribution < 1.29 is 4.79 Å². The average Bonchev–Trinajstić information content (AvgIpc) is 3.46. The molecule has 0 aliphatic carbocycles. The number of nitrogen functional groups attached to an aromatic ring is 1. The number of fused-ring (bicyclic) bond motifs is 2. The first-order valence-corrected chi connectivity index (χ1v) is 11.2. The monoisotopic (exact) mass is 453 g/mol. The highest BCUT2D eigenvalue weighted by Gasteiger charge is 2.17. The summed E-state index contributed by atoms with van der Waals surface area (Å²) in [6, 6.07) is 7.92. The van der Waals surface area contributed by atoms with Gasteiger partial charge in [0.25, 0.3) is 5.91 Å². The van der Waals surface area contributed by atoms with E-state index in [0.29, 0.717) is 17.9 Å². The lowest BCUT2D eigenvalue weighted by molar-refractivity contribution is 0.0950. The second kappa shape index (κ2) is 8.30. The molecule has 0 aliphatic heterocycles. The SMILES string of the molecule is Cc1ccc2nc([C@@H](C)n3cc(C(=O)NCc4c(C)cc5c(N)nccc5c4C)cn3)cn2c1. The van der Waals surface area contributed by atoms with E-state index in [1.54, 1.807) is 23.3 Å². The van der Waals surface area contributed by atoms with Gasteiger partial charge in [-0.2, -0.15) is 5.10 Å². The summed E-state index contributed by atoms with van der Waals surface area (Å²) < 4.78 is 3.78. The first-order chi connectivity index (χ1) is 16.3. The second-order valence-electron chi connectivity index (χ2n) is 8.79. The average molecular weight is 454 g/mol. The van der Waals surface area contributed by atoms with E-state index < -0.39 is 0 Å². The molecule has 0 bridgehead atoms. The number of nitrogens with two attached hydrogens (primary N) is 1. The predicted molar refractivity (Wildman–Crippen MR) is 133 cm³/mol. The topological polar surface area (TPSA) is 103 Å². The largest absolute Gasteiger partial charge is 0.383 e. The number of carbonyl (C=O) groups is 1. The van der Waals surface area contributed by atoms with Crippen LogP contribution in [0.3, 0.4) is 0 Å². The van der Waals surface area contributed by atoms with Crippen molar-refractivity contribution >= 4 is 28.1 Å². The van der Waals surface area contributed by atoms with Gasteiger partial charge in [0, 0.05) is 36.7 Å². The molecule has 1 aromatic carbocycles. The van der Waals surface area contributed by atoms with Gasteiger partial charge in [-0.1, -0.05) is 6.07 Å². The maximum atomic E-state index is 12.9. The quantitative estimate of drug-likeness (QED) is 0.417. The van der Waals surface area contributed by atoms with Crippen molar-refractivity contribution in [3.05, 3.63) is 88.8 Å².